The molecule has 2 atom stereocenters. The highest BCUT2D eigenvalue weighted by molar-refractivity contribution is 6.06. The number of hydrazine groups is 1. The zero-order valence-corrected chi connectivity index (χ0v) is 14.3. The number of hydrogen-bond donors (Lipinski definition) is 1. The second-order valence-corrected chi connectivity index (χ2v) is 6.82. The van der Waals surface area contributed by atoms with Gasteiger partial charge in [-0.25, -0.2) is 5.01 Å². The summed E-state index contributed by atoms with van der Waals surface area (Å²) in [5.74, 6) is -0.291. The smallest absolute Gasteiger partial charge is 0.271 e. The molecule has 2 aliphatic rings. The largest absolute Gasteiger partial charge is 0.339 e. The predicted molar refractivity (Wildman–Crippen MR) is 94.7 cm³/mol. The van der Waals surface area contributed by atoms with E-state index < -0.39 is 6.04 Å². The molecule has 130 valence electrons. The van der Waals surface area contributed by atoms with Gasteiger partial charge in [0.2, 0.25) is 0 Å². The predicted octanol–water partition coefficient (Wildman–Crippen LogP) is 1.96. The first-order valence-corrected chi connectivity index (χ1v) is 8.87. The Morgan fingerprint density at radius 2 is 2.04 bits per heavy atom. The van der Waals surface area contributed by atoms with E-state index >= 15 is 0 Å². The lowest BCUT2D eigenvalue weighted by Crippen LogP contribution is -2.64. The summed E-state index contributed by atoms with van der Waals surface area (Å²) in [4.78, 5) is 29.9. The van der Waals surface area contributed by atoms with E-state index in [1.54, 1.807) is 6.20 Å². The maximum absolute atomic E-state index is 12.8. The molecule has 2 aliphatic heterocycles. The summed E-state index contributed by atoms with van der Waals surface area (Å²) in [5, 5.41) is 8.64. The minimum absolute atomic E-state index is 0.00737. The Hall–Kier alpha value is -2.47. The average Bonchev–Trinajstić information content (AvgIpc) is 2.63. The number of benzene rings is 1. The van der Waals surface area contributed by atoms with Crippen molar-refractivity contribution >= 4 is 22.6 Å². The first kappa shape index (κ1) is 16.0. The molecule has 2 saturated heterocycles. The van der Waals surface area contributed by atoms with Crippen LogP contribution in [0.3, 0.4) is 0 Å². The van der Waals surface area contributed by atoms with E-state index in [1.807, 2.05) is 35.3 Å². The monoisotopic (exact) mass is 338 g/mol. The molecule has 25 heavy (non-hydrogen) atoms. The zero-order valence-electron chi connectivity index (χ0n) is 14.3. The van der Waals surface area contributed by atoms with E-state index in [0.717, 1.165) is 36.7 Å². The van der Waals surface area contributed by atoms with Crippen molar-refractivity contribution in [1.29, 1.82) is 0 Å². The van der Waals surface area contributed by atoms with Crippen LogP contribution in [0.1, 0.15) is 36.7 Å². The fourth-order valence-electron chi connectivity index (χ4n) is 3.88. The topological polar surface area (TPSA) is 65.5 Å². The number of carbonyl (C=O) groups excluding carboxylic acids is 2. The van der Waals surface area contributed by atoms with Gasteiger partial charge in [0, 0.05) is 30.7 Å². The number of fused-ring (bicyclic) bond motifs is 2. The molecular formula is C19H22N4O2. The van der Waals surface area contributed by atoms with E-state index in [2.05, 4.69) is 22.2 Å². The Morgan fingerprint density at radius 3 is 2.92 bits per heavy atom. The van der Waals surface area contributed by atoms with Crippen molar-refractivity contribution in [3.8, 4) is 0 Å². The Labute approximate surface area is 146 Å². The molecule has 2 unspecified atom stereocenters. The second kappa shape index (κ2) is 6.44. The van der Waals surface area contributed by atoms with Gasteiger partial charge in [-0.3, -0.25) is 19.6 Å². The van der Waals surface area contributed by atoms with E-state index in [1.165, 1.54) is 0 Å². The normalized spacial score (nSPS) is 24.2. The van der Waals surface area contributed by atoms with Gasteiger partial charge in [-0.2, -0.15) is 0 Å². The number of nitrogens with zero attached hydrogens (tertiary/aromatic N) is 3. The van der Waals surface area contributed by atoms with Crippen LogP contribution in [0.2, 0.25) is 0 Å². The second-order valence-electron chi connectivity index (χ2n) is 6.82. The molecule has 0 radical (unpaired) electrons. The molecule has 0 aliphatic carbocycles. The van der Waals surface area contributed by atoms with Crippen LogP contribution in [0.4, 0.5) is 0 Å². The molecule has 1 N–H and O–H groups in total. The van der Waals surface area contributed by atoms with Crippen molar-refractivity contribution in [2.75, 3.05) is 13.1 Å². The minimum Gasteiger partial charge on any atom is -0.339 e. The van der Waals surface area contributed by atoms with Gasteiger partial charge in [-0.05, 0) is 37.6 Å². The minimum atomic E-state index is -0.481. The lowest BCUT2D eigenvalue weighted by atomic mass is 10.0. The van der Waals surface area contributed by atoms with E-state index in [0.29, 0.717) is 12.1 Å². The number of carbonyl (C=O) groups is 2. The molecule has 0 bridgehead atoms. The molecular weight excluding hydrogens is 316 g/mol. The number of pyridine rings is 1. The van der Waals surface area contributed by atoms with Crippen molar-refractivity contribution in [3.63, 3.8) is 0 Å². The molecule has 6 nitrogen and oxygen atoms in total. The molecule has 0 saturated carbocycles. The highest BCUT2D eigenvalue weighted by Gasteiger charge is 2.39. The van der Waals surface area contributed by atoms with Crippen LogP contribution < -0.4 is 5.32 Å². The number of hydrogen-bond acceptors (Lipinski definition) is 4. The SMILES string of the molecule is CC1CCCN2CCC(NC(=O)c3nccc4ccccc34)C(=O)N12. The third-order valence-corrected chi connectivity index (χ3v) is 5.15. The van der Waals surface area contributed by atoms with E-state index in [-0.39, 0.29) is 17.9 Å². The summed E-state index contributed by atoms with van der Waals surface area (Å²) < 4.78 is 0. The molecule has 2 aromatic rings. The number of rotatable bonds is 2. The quantitative estimate of drug-likeness (QED) is 0.909. The molecule has 0 spiro atoms. The summed E-state index contributed by atoms with van der Waals surface area (Å²) in [6.07, 6.45) is 4.39. The maximum Gasteiger partial charge on any atom is 0.271 e. The third kappa shape index (κ3) is 2.87. The Balaban J connectivity index is 1.55. The Kier molecular flexibility index (Phi) is 4.13. The third-order valence-electron chi connectivity index (χ3n) is 5.15. The summed E-state index contributed by atoms with van der Waals surface area (Å²) in [5.41, 5.74) is 0.375. The van der Waals surface area contributed by atoms with Crippen LogP contribution in [0.15, 0.2) is 36.5 Å². The Morgan fingerprint density at radius 1 is 1.20 bits per heavy atom. The Bertz CT molecular complexity index is 817. The average molecular weight is 338 g/mol. The summed E-state index contributed by atoms with van der Waals surface area (Å²) in [6.45, 7) is 3.78. The molecule has 6 heteroatoms. The fraction of sp³-hybridized carbons (Fsp3) is 0.421. The lowest BCUT2D eigenvalue weighted by molar-refractivity contribution is -0.170. The molecule has 2 amide bonds. The first-order chi connectivity index (χ1) is 12.1. The number of amides is 2. The van der Waals surface area contributed by atoms with Crippen LogP contribution in [-0.2, 0) is 4.79 Å². The highest BCUT2D eigenvalue weighted by Crippen LogP contribution is 2.24. The summed E-state index contributed by atoms with van der Waals surface area (Å²) in [6, 6.07) is 9.24. The van der Waals surface area contributed by atoms with Gasteiger partial charge < -0.3 is 5.32 Å². The molecule has 1 aromatic carbocycles. The molecule has 1 aromatic heterocycles. The van der Waals surface area contributed by atoms with Gasteiger partial charge in [0.15, 0.2) is 0 Å². The van der Waals surface area contributed by atoms with E-state index in [9.17, 15) is 9.59 Å². The van der Waals surface area contributed by atoms with Crippen molar-refractivity contribution in [1.82, 2.24) is 20.3 Å². The van der Waals surface area contributed by atoms with Crippen molar-refractivity contribution in [2.45, 2.75) is 38.3 Å². The zero-order chi connectivity index (χ0) is 17.4. The van der Waals surface area contributed by atoms with Crippen LogP contribution >= 0.6 is 0 Å². The van der Waals surface area contributed by atoms with Gasteiger partial charge in [-0.1, -0.05) is 24.3 Å². The van der Waals surface area contributed by atoms with Crippen molar-refractivity contribution in [2.24, 2.45) is 0 Å². The molecule has 4 rings (SSSR count). The van der Waals surface area contributed by atoms with E-state index in [4.69, 9.17) is 0 Å². The van der Waals surface area contributed by atoms with Crippen LogP contribution in [0, 0.1) is 0 Å². The van der Waals surface area contributed by atoms with Gasteiger partial charge in [0.25, 0.3) is 11.8 Å². The van der Waals surface area contributed by atoms with Crippen LogP contribution in [0.5, 0.6) is 0 Å². The van der Waals surface area contributed by atoms with Gasteiger partial charge in [-0.15, -0.1) is 0 Å². The van der Waals surface area contributed by atoms with Gasteiger partial charge in [0.1, 0.15) is 11.7 Å². The van der Waals surface area contributed by atoms with Crippen LogP contribution in [0.25, 0.3) is 10.8 Å². The van der Waals surface area contributed by atoms with Crippen molar-refractivity contribution in [3.05, 3.63) is 42.2 Å². The molecule has 3 heterocycles. The number of nitrogens with one attached hydrogen (secondary N) is 1. The summed E-state index contributed by atoms with van der Waals surface area (Å²) in [7, 11) is 0. The standard InChI is InChI=1S/C19H22N4O2/c1-13-5-4-11-22-12-9-16(19(25)23(13)22)21-18(24)17-15-7-3-2-6-14(15)8-10-20-17/h2-3,6-8,10,13,16H,4-5,9,11-12H2,1H3,(H,21,24). The van der Waals surface area contributed by atoms with Gasteiger partial charge in [0.05, 0.1) is 0 Å². The van der Waals surface area contributed by atoms with Crippen LogP contribution in [-0.4, -0.2) is 52.0 Å². The first-order valence-electron chi connectivity index (χ1n) is 8.87. The maximum atomic E-state index is 12.8. The highest BCUT2D eigenvalue weighted by atomic mass is 16.2. The fourth-order valence-corrected chi connectivity index (χ4v) is 3.88. The summed E-state index contributed by atoms with van der Waals surface area (Å²) >= 11 is 0. The number of aromatic nitrogens is 1. The van der Waals surface area contributed by atoms with Gasteiger partial charge >= 0.3 is 0 Å². The molecule has 2 fully saturated rings. The van der Waals surface area contributed by atoms with Crippen molar-refractivity contribution < 1.29 is 9.59 Å². The lowest BCUT2D eigenvalue weighted by Gasteiger charge is -2.47.